The van der Waals surface area contributed by atoms with Gasteiger partial charge in [0, 0.05) is 33.8 Å². The fourth-order valence-electron chi connectivity index (χ4n) is 2.40. The Morgan fingerprint density at radius 1 is 0.963 bits per heavy atom. The van der Waals surface area contributed by atoms with Crippen LogP contribution in [0.1, 0.15) is 15.9 Å². The molecule has 3 aromatic rings. The van der Waals surface area contributed by atoms with Gasteiger partial charge in [0.1, 0.15) is 0 Å². The molecule has 0 fully saturated rings. The number of aryl methyl sites for hydroxylation is 1. The Morgan fingerprint density at radius 3 is 2.26 bits per heavy atom. The Kier molecular flexibility index (Phi) is 5.57. The first-order valence-electron chi connectivity index (χ1n) is 7.95. The van der Waals surface area contributed by atoms with E-state index in [1.54, 1.807) is 55.5 Å². The first-order valence-corrected chi connectivity index (χ1v) is 10.2. The molecule has 1 heterocycles. The molecule has 27 heavy (non-hydrogen) atoms. The lowest BCUT2D eigenvalue weighted by Gasteiger charge is -2.13. The topological polar surface area (TPSA) is 88.2 Å². The molecule has 0 aliphatic rings. The molecule has 0 spiro atoms. The van der Waals surface area contributed by atoms with Crippen LogP contribution in [-0.2, 0) is 10.0 Å². The zero-order valence-corrected chi connectivity index (χ0v) is 16.7. The molecule has 0 bridgehead atoms. The highest BCUT2D eigenvalue weighted by Gasteiger charge is 2.18. The Hall–Kier alpha value is -2.71. The average Bonchev–Trinajstić information content (AvgIpc) is 2.65. The summed E-state index contributed by atoms with van der Waals surface area (Å²) < 4.78 is 28.9. The molecule has 6 nitrogen and oxygen atoms in total. The second kappa shape index (κ2) is 7.89. The van der Waals surface area contributed by atoms with Gasteiger partial charge in [-0.25, -0.2) is 8.42 Å². The molecule has 0 saturated carbocycles. The lowest BCUT2D eigenvalue weighted by molar-refractivity contribution is 0.102. The highest BCUT2D eigenvalue weighted by molar-refractivity contribution is 9.10. The number of benzene rings is 2. The van der Waals surface area contributed by atoms with Crippen LogP contribution in [0.25, 0.3) is 0 Å². The minimum Gasteiger partial charge on any atom is -0.322 e. The Morgan fingerprint density at radius 2 is 1.59 bits per heavy atom. The van der Waals surface area contributed by atoms with Crippen molar-refractivity contribution < 1.29 is 13.2 Å². The summed E-state index contributed by atoms with van der Waals surface area (Å²) in [6.45, 7) is 1.70. The SMILES string of the molecule is Cc1ccc(NC(=O)c2ccncc2)cc1S(=O)(=O)Nc1ccc(Br)cc1. The molecule has 2 N–H and O–H groups in total. The Labute approximate surface area is 165 Å². The van der Waals surface area contributed by atoms with Crippen LogP contribution >= 0.6 is 15.9 Å². The summed E-state index contributed by atoms with van der Waals surface area (Å²) in [5.74, 6) is -0.342. The predicted molar refractivity (Wildman–Crippen MR) is 108 cm³/mol. The van der Waals surface area contributed by atoms with Crippen molar-refractivity contribution in [3.63, 3.8) is 0 Å². The summed E-state index contributed by atoms with van der Waals surface area (Å²) in [7, 11) is -3.81. The van der Waals surface area contributed by atoms with Gasteiger partial charge in [-0.15, -0.1) is 0 Å². The standard InChI is InChI=1S/C19H16BrN3O3S/c1-13-2-5-17(22-19(24)14-8-10-21-11-9-14)12-18(13)27(25,26)23-16-6-3-15(20)4-7-16/h2-12,23H,1H3,(H,22,24). The van der Waals surface area contributed by atoms with Crippen molar-refractivity contribution in [3.8, 4) is 0 Å². The number of hydrogen-bond acceptors (Lipinski definition) is 4. The number of carbonyl (C=O) groups excluding carboxylic acids is 1. The first kappa shape index (κ1) is 19.1. The molecule has 0 radical (unpaired) electrons. The zero-order chi connectivity index (χ0) is 19.4. The van der Waals surface area contributed by atoms with E-state index in [-0.39, 0.29) is 10.8 Å². The van der Waals surface area contributed by atoms with E-state index in [4.69, 9.17) is 0 Å². The first-order chi connectivity index (χ1) is 12.8. The van der Waals surface area contributed by atoms with Crippen molar-refractivity contribution >= 4 is 43.2 Å². The quantitative estimate of drug-likeness (QED) is 0.615. The number of rotatable bonds is 5. The minimum atomic E-state index is -3.81. The summed E-state index contributed by atoms with van der Waals surface area (Å²) in [6, 6.07) is 14.7. The number of nitrogens with zero attached hydrogens (tertiary/aromatic N) is 1. The van der Waals surface area contributed by atoms with E-state index in [9.17, 15) is 13.2 Å². The van der Waals surface area contributed by atoms with E-state index < -0.39 is 10.0 Å². The monoisotopic (exact) mass is 445 g/mol. The van der Waals surface area contributed by atoms with Gasteiger partial charge in [-0.1, -0.05) is 22.0 Å². The summed E-state index contributed by atoms with van der Waals surface area (Å²) >= 11 is 3.31. The fraction of sp³-hybridized carbons (Fsp3) is 0.0526. The number of amides is 1. The number of pyridine rings is 1. The molecule has 0 unspecified atom stereocenters. The van der Waals surface area contributed by atoms with Crippen molar-refractivity contribution in [1.82, 2.24) is 4.98 Å². The Bertz CT molecular complexity index is 1070. The third-order valence-electron chi connectivity index (χ3n) is 3.77. The maximum absolute atomic E-state index is 12.8. The van der Waals surface area contributed by atoms with Crippen LogP contribution in [0.15, 0.2) is 76.4 Å². The van der Waals surface area contributed by atoms with Crippen LogP contribution in [0.5, 0.6) is 0 Å². The zero-order valence-electron chi connectivity index (χ0n) is 14.3. The highest BCUT2D eigenvalue weighted by atomic mass is 79.9. The van der Waals surface area contributed by atoms with E-state index in [1.165, 1.54) is 18.5 Å². The van der Waals surface area contributed by atoms with Gasteiger partial charge in [-0.2, -0.15) is 0 Å². The molecule has 0 saturated heterocycles. The molecular formula is C19H16BrN3O3S. The second-order valence-electron chi connectivity index (χ2n) is 5.78. The van der Waals surface area contributed by atoms with Crippen LogP contribution in [0.2, 0.25) is 0 Å². The third-order valence-corrected chi connectivity index (χ3v) is 5.83. The maximum atomic E-state index is 12.8. The maximum Gasteiger partial charge on any atom is 0.262 e. The van der Waals surface area contributed by atoms with Crippen molar-refractivity contribution in [3.05, 3.63) is 82.6 Å². The van der Waals surface area contributed by atoms with Gasteiger partial charge in [-0.3, -0.25) is 14.5 Å². The van der Waals surface area contributed by atoms with Crippen molar-refractivity contribution in [2.45, 2.75) is 11.8 Å². The van der Waals surface area contributed by atoms with Crippen LogP contribution in [0.4, 0.5) is 11.4 Å². The van der Waals surface area contributed by atoms with Gasteiger partial charge in [0.2, 0.25) is 0 Å². The summed E-state index contributed by atoms with van der Waals surface area (Å²) in [4.78, 5) is 16.2. The molecule has 8 heteroatoms. The normalized spacial score (nSPS) is 11.0. The molecule has 0 aliphatic heterocycles. The van der Waals surface area contributed by atoms with Crippen LogP contribution in [0.3, 0.4) is 0 Å². The lowest BCUT2D eigenvalue weighted by Crippen LogP contribution is -2.16. The largest absolute Gasteiger partial charge is 0.322 e. The van der Waals surface area contributed by atoms with Crippen molar-refractivity contribution in [2.24, 2.45) is 0 Å². The molecule has 138 valence electrons. The molecule has 1 amide bonds. The summed E-state index contributed by atoms with van der Waals surface area (Å²) in [5, 5.41) is 2.70. The molecule has 1 aromatic heterocycles. The van der Waals surface area contributed by atoms with Gasteiger partial charge in [0.05, 0.1) is 4.90 Å². The molecule has 3 rings (SSSR count). The minimum absolute atomic E-state index is 0.0953. The Balaban J connectivity index is 1.86. The summed E-state index contributed by atoms with van der Waals surface area (Å²) in [5.41, 5.74) is 1.84. The summed E-state index contributed by atoms with van der Waals surface area (Å²) in [6.07, 6.45) is 3.03. The van der Waals surface area contributed by atoms with Crippen molar-refractivity contribution in [2.75, 3.05) is 10.0 Å². The van der Waals surface area contributed by atoms with E-state index >= 15 is 0 Å². The van der Waals surface area contributed by atoms with Crippen LogP contribution in [-0.4, -0.2) is 19.3 Å². The van der Waals surface area contributed by atoms with E-state index in [0.29, 0.717) is 22.5 Å². The van der Waals surface area contributed by atoms with Gasteiger partial charge in [0.15, 0.2) is 0 Å². The number of halogens is 1. The number of aromatic nitrogens is 1. The number of hydrogen-bond donors (Lipinski definition) is 2. The van der Waals surface area contributed by atoms with E-state index in [2.05, 4.69) is 31.0 Å². The lowest BCUT2D eigenvalue weighted by atomic mass is 10.2. The predicted octanol–water partition coefficient (Wildman–Crippen LogP) is 4.21. The van der Waals surface area contributed by atoms with E-state index in [1.807, 2.05) is 0 Å². The molecule has 2 aromatic carbocycles. The van der Waals surface area contributed by atoms with Crippen molar-refractivity contribution in [1.29, 1.82) is 0 Å². The average molecular weight is 446 g/mol. The van der Waals surface area contributed by atoms with Crippen LogP contribution in [0, 0.1) is 6.92 Å². The number of sulfonamides is 1. The number of nitrogens with one attached hydrogen (secondary N) is 2. The number of carbonyl (C=O) groups is 1. The molecule has 0 aliphatic carbocycles. The number of anilines is 2. The van der Waals surface area contributed by atoms with Gasteiger partial charge >= 0.3 is 0 Å². The molecular weight excluding hydrogens is 430 g/mol. The third kappa shape index (κ3) is 4.72. The van der Waals surface area contributed by atoms with Crippen LogP contribution < -0.4 is 10.0 Å². The van der Waals surface area contributed by atoms with E-state index in [0.717, 1.165) is 4.47 Å². The molecule has 0 atom stereocenters. The second-order valence-corrected chi connectivity index (χ2v) is 8.35. The fourth-order valence-corrected chi connectivity index (χ4v) is 4.00. The highest BCUT2D eigenvalue weighted by Crippen LogP contribution is 2.24. The van der Waals surface area contributed by atoms with Gasteiger partial charge in [0.25, 0.3) is 15.9 Å². The smallest absolute Gasteiger partial charge is 0.262 e. The van der Waals surface area contributed by atoms with Gasteiger partial charge < -0.3 is 5.32 Å². The van der Waals surface area contributed by atoms with Gasteiger partial charge in [-0.05, 0) is 61.0 Å².